The van der Waals surface area contributed by atoms with E-state index in [0.717, 1.165) is 11.8 Å². The maximum Gasteiger partial charge on any atom is 0.283 e. The molecule has 0 bridgehead atoms. The highest BCUT2D eigenvalue weighted by Gasteiger charge is 2.29. The van der Waals surface area contributed by atoms with Gasteiger partial charge in [-0.05, 0) is 67.9 Å². The molecule has 0 aliphatic carbocycles. The number of nitrogens with zero attached hydrogens (tertiary/aromatic N) is 1. The maximum atomic E-state index is 12.2. The summed E-state index contributed by atoms with van der Waals surface area (Å²) in [5, 5.41) is 13.1. The zero-order valence-corrected chi connectivity index (χ0v) is 13.4. The third kappa shape index (κ3) is 4.67. The van der Waals surface area contributed by atoms with Gasteiger partial charge in [0.05, 0.1) is 6.21 Å². The zero-order valence-electron chi connectivity index (χ0n) is 13.4. The van der Waals surface area contributed by atoms with E-state index in [1.807, 2.05) is 0 Å². The number of hydrazone groups is 1. The molecule has 124 valence electrons. The van der Waals surface area contributed by atoms with E-state index in [4.69, 9.17) is 4.74 Å². The van der Waals surface area contributed by atoms with Gasteiger partial charge in [-0.15, -0.1) is 0 Å². The van der Waals surface area contributed by atoms with Crippen LogP contribution in [0.4, 0.5) is 0 Å². The van der Waals surface area contributed by atoms with Crippen molar-refractivity contribution in [2.24, 2.45) is 5.10 Å². The molecule has 6 nitrogen and oxygen atoms in total. The summed E-state index contributed by atoms with van der Waals surface area (Å²) < 4.78 is 5.65. The first-order valence-electron chi connectivity index (χ1n) is 7.27. The molecule has 0 radical (unpaired) electrons. The largest absolute Gasteiger partial charge is 0.508 e. The Morgan fingerprint density at radius 3 is 2.25 bits per heavy atom. The number of rotatable bonds is 6. The van der Waals surface area contributed by atoms with Crippen molar-refractivity contribution in [1.82, 2.24) is 5.43 Å². The van der Waals surface area contributed by atoms with Crippen molar-refractivity contribution in [3.05, 3.63) is 59.7 Å². The predicted molar refractivity (Wildman–Crippen MR) is 90.4 cm³/mol. The van der Waals surface area contributed by atoms with Crippen LogP contribution in [0.1, 0.15) is 29.8 Å². The first-order chi connectivity index (χ1) is 11.4. The Morgan fingerprint density at radius 2 is 1.67 bits per heavy atom. The van der Waals surface area contributed by atoms with Gasteiger partial charge >= 0.3 is 0 Å². The van der Waals surface area contributed by atoms with E-state index in [0.29, 0.717) is 11.3 Å². The first-order valence-corrected chi connectivity index (χ1v) is 7.27. The number of hydrogen-bond donors (Lipinski definition) is 2. The van der Waals surface area contributed by atoms with Crippen LogP contribution in [0.5, 0.6) is 11.5 Å². The summed E-state index contributed by atoms with van der Waals surface area (Å²) in [6.07, 6.45) is 2.20. The number of hydrogen-bond acceptors (Lipinski definition) is 5. The molecule has 1 amide bonds. The lowest BCUT2D eigenvalue weighted by Crippen LogP contribution is -2.44. The highest BCUT2D eigenvalue weighted by atomic mass is 16.5. The molecule has 0 unspecified atom stereocenters. The average molecular weight is 326 g/mol. The molecule has 0 saturated heterocycles. The van der Waals surface area contributed by atoms with Crippen LogP contribution in [-0.2, 0) is 4.79 Å². The fraction of sp³-hybridized carbons (Fsp3) is 0.167. The second-order valence-corrected chi connectivity index (χ2v) is 5.59. The van der Waals surface area contributed by atoms with Crippen molar-refractivity contribution in [3.63, 3.8) is 0 Å². The molecule has 24 heavy (non-hydrogen) atoms. The van der Waals surface area contributed by atoms with Crippen molar-refractivity contribution in [2.45, 2.75) is 19.4 Å². The molecule has 0 spiro atoms. The van der Waals surface area contributed by atoms with Crippen LogP contribution in [0.25, 0.3) is 0 Å². The lowest BCUT2D eigenvalue weighted by Gasteiger charge is -2.24. The topological polar surface area (TPSA) is 88.0 Å². The third-order valence-corrected chi connectivity index (χ3v) is 3.21. The van der Waals surface area contributed by atoms with Crippen LogP contribution in [-0.4, -0.2) is 29.1 Å². The molecule has 0 aliphatic rings. The number of amides is 1. The second kappa shape index (κ2) is 7.41. The summed E-state index contributed by atoms with van der Waals surface area (Å²) in [5.41, 5.74) is 2.54. The number of aldehydes is 1. The fourth-order valence-corrected chi connectivity index (χ4v) is 1.82. The molecule has 0 heterocycles. The fourth-order valence-electron chi connectivity index (χ4n) is 1.82. The highest BCUT2D eigenvalue weighted by molar-refractivity contribution is 5.87. The summed E-state index contributed by atoms with van der Waals surface area (Å²) >= 11 is 0. The normalized spacial score (nSPS) is 11.2. The first kappa shape index (κ1) is 17.2. The molecule has 0 aliphatic heterocycles. The Labute approximate surface area is 139 Å². The van der Waals surface area contributed by atoms with E-state index in [2.05, 4.69) is 10.5 Å². The minimum Gasteiger partial charge on any atom is -0.508 e. The summed E-state index contributed by atoms with van der Waals surface area (Å²) in [6, 6.07) is 12.9. The number of phenolic OH excluding ortho intramolecular Hbond substituents is 1. The van der Waals surface area contributed by atoms with Gasteiger partial charge in [-0.3, -0.25) is 9.59 Å². The van der Waals surface area contributed by atoms with Gasteiger partial charge in [-0.25, -0.2) is 5.43 Å². The van der Waals surface area contributed by atoms with Crippen molar-refractivity contribution in [3.8, 4) is 11.5 Å². The molecule has 0 aromatic heterocycles. The Kier molecular flexibility index (Phi) is 5.31. The smallest absolute Gasteiger partial charge is 0.283 e. The van der Waals surface area contributed by atoms with Gasteiger partial charge in [0.1, 0.15) is 17.8 Å². The Balaban J connectivity index is 1.96. The molecule has 2 rings (SSSR count). The number of carbonyl (C=O) groups is 2. The van der Waals surface area contributed by atoms with Gasteiger partial charge < -0.3 is 9.84 Å². The molecule has 0 atom stereocenters. The number of phenols is 1. The van der Waals surface area contributed by atoms with E-state index in [9.17, 15) is 14.7 Å². The van der Waals surface area contributed by atoms with Crippen molar-refractivity contribution >= 4 is 18.4 Å². The molecule has 6 heteroatoms. The van der Waals surface area contributed by atoms with Crippen LogP contribution in [0.2, 0.25) is 0 Å². The van der Waals surface area contributed by atoms with E-state index in [1.165, 1.54) is 18.3 Å². The Morgan fingerprint density at radius 1 is 1.08 bits per heavy atom. The number of aromatic hydroxyl groups is 1. The van der Waals surface area contributed by atoms with Crippen molar-refractivity contribution in [1.29, 1.82) is 0 Å². The van der Waals surface area contributed by atoms with Crippen LogP contribution >= 0.6 is 0 Å². The van der Waals surface area contributed by atoms with Gasteiger partial charge in [0.25, 0.3) is 5.91 Å². The number of benzene rings is 2. The van der Waals surface area contributed by atoms with Gasteiger partial charge in [0, 0.05) is 5.56 Å². The monoisotopic (exact) mass is 326 g/mol. The van der Waals surface area contributed by atoms with Gasteiger partial charge in [-0.1, -0.05) is 0 Å². The summed E-state index contributed by atoms with van der Waals surface area (Å²) in [7, 11) is 0. The van der Waals surface area contributed by atoms with Crippen molar-refractivity contribution < 1.29 is 19.4 Å². The number of carbonyl (C=O) groups excluding carboxylic acids is 2. The molecular weight excluding hydrogens is 308 g/mol. The lowest BCUT2D eigenvalue weighted by molar-refractivity contribution is -0.134. The van der Waals surface area contributed by atoms with Gasteiger partial charge in [0.15, 0.2) is 5.60 Å². The van der Waals surface area contributed by atoms with E-state index >= 15 is 0 Å². The van der Waals surface area contributed by atoms with Gasteiger partial charge in [-0.2, -0.15) is 5.10 Å². The Bertz CT molecular complexity index is 735. The number of ether oxygens (including phenoxy) is 1. The Hall–Kier alpha value is -3.15. The molecule has 2 aromatic rings. The predicted octanol–water partition coefficient (Wildman–Crippen LogP) is 2.51. The number of nitrogens with one attached hydrogen (secondary N) is 1. The minimum atomic E-state index is -1.14. The standard InChI is InChI=1S/C18H18N2O4/c1-18(2,24-16-9-5-14(12-21)6-10-16)17(23)20-19-11-13-3-7-15(22)8-4-13/h3-12,22H,1-2H3,(H,20,23)/b19-11+. The average Bonchev–Trinajstić information content (AvgIpc) is 2.57. The molecular formula is C18H18N2O4. The third-order valence-electron chi connectivity index (χ3n) is 3.21. The minimum absolute atomic E-state index is 0.159. The van der Waals surface area contributed by atoms with E-state index < -0.39 is 11.5 Å². The van der Waals surface area contributed by atoms with Crippen molar-refractivity contribution in [2.75, 3.05) is 0 Å². The van der Waals surface area contributed by atoms with Gasteiger partial charge in [0.2, 0.25) is 0 Å². The zero-order chi connectivity index (χ0) is 17.6. The van der Waals surface area contributed by atoms with Crippen LogP contribution < -0.4 is 10.2 Å². The lowest BCUT2D eigenvalue weighted by atomic mass is 10.1. The summed E-state index contributed by atoms with van der Waals surface area (Å²) in [5.74, 6) is 0.214. The molecule has 0 saturated carbocycles. The molecule has 0 fully saturated rings. The van der Waals surface area contributed by atoms with E-state index in [-0.39, 0.29) is 5.75 Å². The van der Waals surface area contributed by atoms with Crippen LogP contribution in [0, 0.1) is 0 Å². The second-order valence-electron chi connectivity index (χ2n) is 5.59. The van der Waals surface area contributed by atoms with Crippen LogP contribution in [0.15, 0.2) is 53.6 Å². The van der Waals surface area contributed by atoms with E-state index in [1.54, 1.807) is 50.2 Å². The highest BCUT2D eigenvalue weighted by Crippen LogP contribution is 2.19. The molecule has 2 aromatic carbocycles. The SMILES string of the molecule is CC(C)(Oc1ccc(C=O)cc1)C(=O)N/N=C/c1ccc(O)cc1. The molecule has 2 N–H and O–H groups in total. The summed E-state index contributed by atoms with van der Waals surface area (Å²) in [4.78, 5) is 22.8. The quantitative estimate of drug-likeness (QED) is 0.485. The summed E-state index contributed by atoms with van der Waals surface area (Å²) in [6.45, 7) is 3.23. The van der Waals surface area contributed by atoms with Crippen LogP contribution in [0.3, 0.4) is 0 Å². The maximum absolute atomic E-state index is 12.2.